The first kappa shape index (κ1) is 13.7. The predicted molar refractivity (Wildman–Crippen MR) is 83.7 cm³/mol. The van der Waals surface area contributed by atoms with Gasteiger partial charge in [-0.25, -0.2) is 4.39 Å². The molecule has 0 saturated carbocycles. The van der Waals surface area contributed by atoms with Crippen molar-refractivity contribution in [3.05, 3.63) is 58.2 Å². The van der Waals surface area contributed by atoms with Crippen LogP contribution in [0.2, 0.25) is 0 Å². The van der Waals surface area contributed by atoms with Gasteiger partial charge in [0.05, 0.1) is 0 Å². The van der Waals surface area contributed by atoms with Gasteiger partial charge in [0.1, 0.15) is 5.82 Å². The fraction of sp³-hybridized carbons (Fsp3) is 0.421. The average Bonchev–Trinajstić information content (AvgIpc) is 2.53. The smallest absolute Gasteiger partial charge is 0.161 e. The van der Waals surface area contributed by atoms with E-state index in [2.05, 4.69) is 5.32 Å². The molecule has 2 aliphatic carbocycles. The quantitative estimate of drug-likeness (QED) is 0.835. The number of benzene rings is 1. The van der Waals surface area contributed by atoms with Gasteiger partial charge in [-0.1, -0.05) is 12.1 Å². The van der Waals surface area contributed by atoms with E-state index in [1.807, 2.05) is 6.07 Å². The average molecular weight is 297 g/mol. The summed E-state index contributed by atoms with van der Waals surface area (Å²) in [7, 11) is 0. The third-order valence-electron chi connectivity index (χ3n) is 5.09. The normalized spacial score (nSPS) is 24.8. The summed E-state index contributed by atoms with van der Waals surface area (Å²) < 4.78 is 13.7. The molecule has 1 N–H and O–H groups in total. The molecule has 3 aliphatic rings. The third-order valence-corrected chi connectivity index (χ3v) is 5.09. The van der Waals surface area contributed by atoms with E-state index in [4.69, 9.17) is 0 Å². The molecule has 1 heterocycles. The van der Waals surface area contributed by atoms with Gasteiger partial charge in [-0.2, -0.15) is 0 Å². The van der Waals surface area contributed by atoms with E-state index in [-0.39, 0.29) is 17.5 Å². The first-order chi connectivity index (χ1) is 10.7. The van der Waals surface area contributed by atoms with Gasteiger partial charge in [-0.05, 0) is 61.8 Å². The third kappa shape index (κ3) is 2.20. The number of dihydropyridines is 1. The fourth-order valence-corrected chi connectivity index (χ4v) is 4.13. The highest BCUT2D eigenvalue weighted by Crippen LogP contribution is 2.46. The molecular formula is C19H20FNO. The first-order valence-corrected chi connectivity index (χ1v) is 8.24. The molecule has 1 unspecified atom stereocenters. The summed E-state index contributed by atoms with van der Waals surface area (Å²) in [6.07, 6.45) is 6.88. The van der Waals surface area contributed by atoms with Gasteiger partial charge in [0.15, 0.2) is 5.78 Å². The maximum atomic E-state index is 13.7. The maximum absolute atomic E-state index is 13.7. The SMILES string of the molecule is O=C1CCCC2=C1C(c1cccc(F)c1)C1=C(CCCC1)N2. The topological polar surface area (TPSA) is 29.1 Å². The van der Waals surface area contributed by atoms with E-state index < -0.39 is 0 Å². The molecule has 114 valence electrons. The number of Topliss-reactive ketones (excluding diaryl/α,β-unsaturated/α-hetero) is 1. The largest absolute Gasteiger partial charge is 0.362 e. The Balaban J connectivity index is 1.88. The van der Waals surface area contributed by atoms with E-state index in [1.165, 1.54) is 23.8 Å². The number of hydrogen-bond donors (Lipinski definition) is 1. The van der Waals surface area contributed by atoms with E-state index in [9.17, 15) is 9.18 Å². The summed E-state index contributed by atoms with van der Waals surface area (Å²) in [4.78, 5) is 12.6. The molecule has 1 aliphatic heterocycles. The van der Waals surface area contributed by atoms with Crippen LogP contribution in [0.4, 0.5) is 4.39 Å². The molecule has 1 atom stereocenters. The lowest BCUT2D eigenvalue weighted by Crippen LogP contribution is -2.33. The Morgan fingerprint density at radius 1 is 1.00 bits per heavy atom. The Morgan fingerprint density at radius 3 is 2.68 bits per heavy atom. The molecule has 2 nitrogen and oxygen atoms in total. The number of rotatable bonds is 1. The second-order valence-corrected chi connectivity index (χ2v) is 6.49. The van der Waals surface area contributed by atoms with Gasteiger partial charge >= 0.3 is 0 Å². The van der Waals surface area contributed by atoms with E-state index in [1.54, 1.807) is 12.1 Å². The van der Waals surface area contributed by atoms with Crippen molar-refractivity contribution in [2.45, 2.75) is 50.9 Å². The number of hydrogen-bond acceptors (Lipinski definition) is 2. The Kier molecular flexibility index (Phi) is 3.36. The standard InChI is InChI=1S/C19H20FNO/c20-13-6-3-5-12(11-13)18-14-7-1-2-8-15(14)21-16-9-4-10-17(22)19(16)18/h3,5-6,11,18,21H,1-2,4,7-10H2. The van der Waals surface area contributed by atoms with Crippen molar-refractivity contribution in [1.82, 2.24) is 5.32 Å². The minimum Gasteiger partial charge on any atom is -0.362 e. The molecule has 0 aromatic heterocycles. The number of halogens is 1. The van der Waals surface area contributed by atoms with Crippen LogP contribution in [0.3, 0.4) is 0 Å². The van der Waals surface area contributed by atoms with Gasteiger partial charge in [0.2, 0.25) is 0 Å². The molecule has 1 aromatic rings. The lowest BCUT2D eigenvalue weighted by atomic mass is 9.72. The Labute approximate surface area is 130 Å². The van der Waals surface area contributed by atoms with Crippen LogP contribution in [0, 0.1) is 5.82 Å². The zero-order valence-electron chi connectivity index (χ0n) is 12.6. The molecule has 0 bridgehead atoms. The van der Waals surface area contributed by atoms with Gasteiger partial charge < -0.3 is 5.32 Å². The molecule has 0 radical (unpaired) electrons. The molecule has 22 heavy (non-hydrogen) atoms. The molecule has 0 spiro atoms. The van der Waals surface area contributed by atoms with Crippen LogP contribution in [0.1, 0.15) is 56.4 Å². The van der Waals surface area contributed by atoms with Crippen LogP contribution in [0.25, 0.3) is 0 Å². The monoisotopic (exact) mass is 297 g/mol. The zero-order chi connectivity index (χ0) is 15.1. The second kappa shape index (κ2) is 5.38. The highest BCUT2D eigenvalue weighted by molar-refractivity contribution is 5.99. The van der Waals surface area contributed by atoms with Crippen molar-refractivity contribution in [1.29, 1.82) is 0 Å². The molecule has 0 fully saturated rings. The Hall–Kier alpha value is -1.90. The predicted octanol–water partition coefficient (Wildman–Crippen LogP) is 4.35. The summed E-state index contributed by atoms with van der Waals surface area (Å²) in [5, 5.41) is 3.55. The number of ketones is 1. The van der Waals surface area contributed by atoms with Gasteiger partial charge in [-0.15, -0.1) is 0 Å². The minimum atomic E-state index is -0.223. The number of carbonyl (C=O) groups excluding carboxylic acids is 1. The minimum absolute atomic E-state index is 0.0324. The molecule has 3 heteroatoms. The van der Waals surface area contributed by atoms with E-state index in [0.29, 0.717) is 6.42 Å². The number of nitrogens with one attached hydrogen (secondary N) is 1. The van der Waals surface area contributed by atoms with E-state index >= 15 is 0 Å². The summed E-state index contributed by atoms with van der Waals surface area (Å²) in [5.74, 6) is -0.0189. The lowest BCUT2D eigenvalue weighted by Gasteiger charge is -2.38. The Morgan fingerprint density at radius 2 is 1.82 bits per heavy atom. The molecule has 0 amide bonds. The van der Waals surface area contributed by atoms with Crippen molar-refractivity contribution < 1.29 is 9.18 Å². The van der Waals surface area contributed by atoms with Crippen molar-refractivity contribution in [2.75, 3.05) is 0 Å². The Bertz CT molecular complexity index is 701. The molecular weight excluding hydrogens is 277 g/mol. The van der Waals surface area contributed by atoms with Crippen molar-refractivity contribution in [3.8, 4) is 0 Å². The van der Waals surface area contributed by atoms with Crippen LogP contribution in [0.5, 0.6) is 0 Å². The molecule has 1 aromatic carbocycles. The van der Waals surface area contributed by atoms with Crippen LogP contribution in [-0.2, 0) is 4.79 Å². The summed E-state index contributed by atoms with van der Waals surface area (Å²) in [6, 6.07) is 6.79. The maximum Gasteiger partial charge on any atom is 0.161 e. The van der Waals surface area contributed by atoms with Gasteiger partial charge in [0.25, 0.3) is 0 Å². The highest BCUT2D eigenvalue weighted by atomic mass is 19.1. The van der Waals surface area contributed by atoms with Crippen molar-refractivity contribution in [2.24, 2.45) is 0 Å². The highest BCUT2D eigenvalue weighted by Gasteiger charge is 2.36. The van der Waals surface area contributed by atoms with Crippen LogP contribution in [-0.4, -0.2) is 5.78 Å². The number of allylic oxidation sites excluding steroid dienone is 4. The summed E-state index contributed by atoms with van der Waals surface area (Å²) >= 11 is 0. The summed E-state index contributed by atoms with van der Waals surface area (Å²) in [6.45, 7) is 0. The van der Waals surface area contributed by atoms with Gasteiger partial charge in [-0.3, -0.25) is 4.79 Å². The van der Waals surface area contributed by atoms with Crippen LogP contribution in [0.15, 0.2) is 46.8 Å². The molecule has 0 saturated heterocycles. The first-order valence-electron chi connectivity index (χ1n) is 8.24. The second-order valence-electron chi connectivity index (χ2n) is 6.49. The van der Waals surface area contributed by atoms with E-state index in [0.717, 1.165) is 48.9 Å². The fourth-order valence-electron chi connectivity index (χ4n) is 4.13. The van der Waals surface area contributed by atoms with Crippen molar-refractivity contribution >= 4 is 5.78 Å². The van der Waals surface area contributed by atoms with Crippen molar-refractivity contribution in [3.63, 3.8) is 0 Å². The molecule has 4 rings (SSSR count). The lowest BCUT2D eigenvalue weighted by molar-refractivity contribution is -0.116. The number of carbonyl (C=O) groups is 1. The van der Waals surface area contributed by atoms with Crippen LogP contribution < -0.4 is 5.32 Å². The van der Waals surface area contributed by atoms with Crippen LogP contribution >= 0.6 is 0 Å². The zero-order valence-corrected chi connectivity index (χ0v) is 12.6. The van der Waals surface area contributed by atoms with Gasteiger partial charge in [0, 0.05) is 29.3 Å². The summed E-state index contributed by atoms with van der Waals surface area (Å²) in [5.41, 5.74) is 5.52.